The number of halogens is 1. The van der Waals surface area contributed by atoms with Crippen LogP contribution in [0.1, 0.15) is 29.6 Å². The minimum absolute atomic E-state index is 0.0109. The number of nitrogens with one attached hydrogen (secondary N) is 2. The molecule has 4 aromatic rings. The number of nitrogens with zero attached hydrogens (tertiary/aromatic N) is 3. The molecule has 2 N–H and O–H groups in total. The molecular formula is C26H24ClN5O3. The molecule has 0 saturated carbocycles. The van der Waals surface area contributed by atoms with Gasteiger partial charge in [-0.2, -0.15) is 4.98 Å². The molecule has 0 spiro atoms. The third-order valence-corrected chi connectivity index (χ3v) is 6.08. The predicted molar refractivity (Wildman–Crippen MR) is 134 cm³/mol. The van der Waals surface area contributed by atoms with Crippen LogP contribution in [0.25, 0.3) is 0 Å². The minimum atomic E-state index is -0.341. The first kappa shape index (κ1) is 22.7. The molecule has 1 aromatic heterocycles. The average Bonchev–Trinajstić information content (AvgIpc) is 3.30. The Morgan fingerprint density at radius 3 is 2.46 bits per heavy atom. The number of para-hydroxylation sites is 1. The lowest BCUT2D eigenvalue weighted by Gasteiger charge is -2.31. The van der Waals surface area contributed by atoms with Crippen molar-refractivity contribution in [2.24, 2.45) is 0 Å². The van der Waals surface area contributed by atoms with E-state index >= 15 is 0 Å². The van der Waals surface area contributed by atoms with Gasteiger partial charge < -0.3 is 14.8 Å². The zero-order chi connectivity index (χ0) is 24.2. The zero-order valence-electron chi connectivity index (χ0n) is 19.0. The van der Waals surface area contributed by atoms with Gasteiger partial charge in [0, 0.05) is 5.02 Å². The van der Waals surface area contributed by atoms with Crippen molar-refractivity contribution in [3.05, 3.63) is 95.0 Å². The smallest absolute Gasteiger partial charge is 0.264 e. The molecule has 2 atom stereocenters. The molecule has 9 heteroatoms. The van der Waals surface area contributed by atoms with Crippen LogP contribution in [0.15, 0.2) is 78.9 Å². The summed E-state index contributed by atoms with van der Waals surface area (Å²) in [4.78, 5) is 17.0. The maximum Gasteiger partial charge on any atom is 0.264 e. The number of amides is 1. The first-order valence-electron chi connectivity index (χ1n) is 11.2. The standard InChI is InChI=1S/C26H24ClN5O3/c1-34-20-13-9-17(10-14-20)22-15-23(18-7-11-19(27)12-8-18)32-26(28-22)30-25(31-32)29-24(33)16-35-21-5-3-2-4-6-21/h2-14,22-23H,15-16H2,1H3,(H2,28,29,30,31,33). The third-order valence-electron chi connectivity index (χ3n) is 5.83. The first-order chi connectivity index (χ1) is 17.1. The normalized spacial score (nSPS) is 16.6. The zero-order valence-corrected chi connectivity index (χ0v) is 19.8. The lowest BCUT2D eigenvalue weighted by atomic mass is 9.93. The number of fused-ring (bicyclic) bond motifs is 1. The maximum atomic E-state index is 12.5. The Bertz CT molecular complexity index is 1290. The highest BCUT2D eigenvalue weighted by Gasteiger charge is 2.31. The molecule has 35 heavy (non-hydrogen) atoms. The van der Waals surface area contributed by atoms with Gasteiger partial charge in [-0.05, 0) is 53.9 Å². The summed E-state index contributed by atoms with van der Waals surface area (Å²) in [7, 11) is 1.65. The molecule has 1 aliphatic rings. The number of benzene rings is 3. The molecule has 0 fully saturated rings. The largest absolute Gasteiger partial charge is 0.497 e. The van der Waals surface area contributed by atoms with Crippen molar-refractivity contribution in [2.75, 3.05) is 24.4 Å². The fourth-order valence-corrected chi connectivity index (χ4v) is 4.20. The molecule has 1 amide bonds. The maximum absolute atomic E-state index is 12.5. The summed E-state index contributed by atoms with van der Waals surface area (Å²) in [5.41, 5.74) is 2.15. The van der Waals surface area contributed by atoms with E-state index in [0.29, 0.717) is 16.7 Å². The van der Waals surface area contributed by atoms with Gasteiger partial charge in [0.15, 0.2) is 6.61 Å². The second kappa shape index (κ2) is 10.1. The number of ether oxygens (including phenoxy) is 2. The number of rotatable bonds is 7. The second-order valence-electron chi connectivity index (χ2n) is 8.13. The van der Waals surface area contributed by atoms with Crippen LogP contribution in [0, 0.1) is 0 Å². The number of hydrogen-bond donors (Lipinski definition) is 2. The Hall–Kier alpha value is -4.04. The Labute approximate surface area is 207 Å². The van der Waals surface area contributed by atoms with E-state index in [1.165, 1.54) is 0 Å². The van der Waals surface area contributed by atoms with Crippen molar-refractivity contribution in [2.45, 2.75) is 18.5 Å². The van der Waals surface area contributed by atoms with Gasteiger partial charge in [-0.1, -0.05) is 54.1 Å². The molecule has 8 nitrogen and oxygen atoms in total. The van der Waals surface area contributed by atoms with Crippen molar-refractivity contribution < 1.29 is 14.3 Å². The van der Waals surface area contributed by atoms with E-state index in [1.807, 2.05) is 66.7 Å². The highest BCUT2D eigenvalue weighted by molar-refractivity contribution is 6.30. The molecule has 3 aromatic carbocycles. The third kappa shape index (κ3) is 5.22. The summed E-state index contributed by atoms with van der Waals surface area (Å²) in [5, 5.41) is 11.4. The van der Waals surface area contributed by atoms with E-state index in [9.17, 15) is 4.79 Å². The summed E-state index contributed by atoms with van der Waals surface area (Å²) >= 11 is 6.12. The Morgan fingerprint density at radius 1 is 1.03 bits per heavy atom. The molecule has 2 unspecified atom stereocenters. The number of anilines is 2. The molecule has 0 radical (unpaired) electrons. The first-order valence-corrected chi connectivity index (χ1v) is 11.6. The van der Waals surface area contributed by atoms with E-state index < -0.39 is 0 Å². The SMILES string of the molecule is COc1ccc(C2CC(c3ccc(Cl)cc3)n3nc(NC(=O)COc4ccccc4)nc3N2)cc1. The number of carbonyl (C=O) groups excluding carboxylic acids is 1. The van der Waals surface area contributed by atoms with Crippen molar-refractivity contribution in [1.29, 1.82) is 0 Å². The molecule has 0 aliphatic carbocycles. The number of hydrogen-bond acceptors (Lipinski definition) is 6. The fourth-order valence-electron chi connectivity index (χ4n) is 4.07. The molecule has 2 heterocycles. The van der Waals surface area contributed by atoms with Crippen LogP contribution in [0.2, 0.25) is 5.02 Å². The van der Waals surface area contributed by atoms with Crippen LogP contribution in [-0.2, 0) is 4.79 Å². The minimum Gasteiger partial charge on any atom is -0.497 e. The van der Waals surface area contributed by atoms with Gasteiger partial charge >= 0.3 is 0 Å². The topological polar surface area (TPSA) is 90.3 Å². The van der Waals surface area contributed by atoms with Crippen LogP contribution >= 0.6 is 11.6 Å². The fraction of sp³-hybridized carbons (Fsp3) is 0.192. The summed E-state index contributed by atoms with van der Waals surface area (Å²) in [6.07, 6.45) is 0.731. The van der Waals surface area contributed by atoms with Crippen molar-refractivity contribution in [1.82, 2.24) is 14.8 Å². The van der Waals surface area contributed by atoms with Crippen LogP contribution in [0.5, 0.6) is 11.5 Å². The highest BCUT2D eigenvalue weighted by atomic mass is 35.5. The Morgan fingerprint density at radius 2 is 1.74 bits per heavy atom. The summed E-state index contributed by atoms with van der Waals surface area (Å²) in [6.45, 7) is -0.142. The van der Waals surface area contributed by atoms with Crippen LogP contribution < -0.4 is 20.1 Å². The van der Waals surface area contributed by atoms with E-state index in [-0.39, 0.29) is 30.5 Å². The van der Waals surface area contributed by atoms with Crippen LogP contribution in [-0.4, -0.2) is 34.4 Å². The predicted octanol–water partition coefficient (Wildman–Crippen LogP) is 5.10. The highest BCUT2D eigenvalue weighted by Crippen LogP contribution is 2.38. The van der Waals surface area contributed by atoms with Gasteiger partial charge in [0.25, 0.3) is 11.9 Å². The molecule has 1 aliphatic heterocycles. The lowest BCUT2D eigenvalue weighted by molar-refractivity contribution is -0.118. The quantitative estimate of drug-likeness (QED) is 0.375. The van der Waals surface area contributed by atoms with E-state index in [4.69, 9.17) is 21.1 Å². The van der Waals surface area contributed by atoms with E-state index in [1.54, 1.807) is 23.9 Å². The number of methoxy groups -OCH3 is 1. The molecular weight excluding hydrogens is 466 g/mol. The second-order valence-corrected chi connectivity index (χ2v) is 8.56. The van der Waals surface area contributed by atoms with E-state index in [0.717, 1.165) is 23.3 Å². The Kier molecular flexibility index (Phi) is 6.54. The van der Waals surface area contributed by atoms with Crippen LogP contribution in [0.4, 0.5) is 11.9 Å². The van der Waals surface area contributed by atoms with Gasteiger partial charge in [0.05, 0.1) is 19.2 Å². The molecule has 0 bridgehead atoms. The van der Waals surface area contributed by atoms with Crippen LogP contribution in [0.3, 0.4) is 0 Å². The molecule has 0 saturated heterocycles. The molecule has 178 valence electrons. The van der Waals surface area contributed by atoms with Gasteiger partial charge in [-0.15, -0.1) is 5.10 Å². The number of carbonyl (C=O) groups is 1. The summed E-state index contributed by atoms with van der Waals surface area (Å²) in [6, 6.07) is 24.7. The monoisotopic (exact) mass is 489 g/mol. The van der Waals surface area contributed by atoms with Crippen molar-refractivity contribution in [3.63, 3.8) is 0 Å². The lowest BCUT2D eigenvalue weighted by Crippen LogP contribution is -2.28. The van der Waals surface area contributed by atoms with E-state index in [2.05, 4.69) is 20.7 Å². The molecule has 5 rings (SSSR count). The number of aromatic nitrogens is 3. The van der Waals surface area contributed by atoms with Crippen molar-refractivity contribution in [3.8, 4) is 11.5 Å². The summed E-state index contributed by atoms with van der Waals surface area (Å²) < 4.78 is 12.6. The van der Waals surface area contributed by atoms with Gasteiger partial charge in [-0.25, -0.2) is 4.68 Å². The van der Waals surface area contributed by atoms with Gasteiger partial charge in [0.1, 0.15) is 11.5 Å². The van der Waals surface area contributed by atoms with Crippen molar-refractivity contribution >= 4 is 29.4 Å². The van der Waals surface area contributed by atoms with Gasteiger partial charge in [-0.3, -0.25) is 10.1 Å². The summed E-state index contributed by atoms with van der Waals surface area (Å²) in [5.74, 6) is 1.85. The Balaban J connectivity index is 1.38. The average molecular weight is 490 g/mol. The van der Waals surface area contributed by atoms with Gasteiger partial charge in [0.2, 0.25) is 5.95 Å².